The normalized spacial score (nSPS) is 29.6. The number of sulfonamides is 1. The highest BCUT2D eigenvalue weighted by Gasteiger charge is 2.58. The molecule has 7 nitrogen and oxygen atoms in total. The molecule has 4 fully saturated rings. The fourth-order valence-corrected chi connectivity index (χ4v) is 7.53. The molecule has 2 amide bonds. The number of hydrogen-bond acceptors (Lipinski definition) is 4. The second-order valence-corrected chi connectivity index (χ2v) is 11.5. The fraction of sp³-hybridized carbons (Fsp3) is 0.417. The second kappa shape index (κ2) is 8.04. The van der Waals surface area contributed by atoms with E-state index in [0.717, 1.165) is 31.4 Å². The van der Waals surface area contributed by atoms with E-state index in [0.29, 0.717) is 24.8 Å². The molecule has 4 N–H and O–H groups in total. The van der Waals surface area contributed by atoms with Gasteiger partial charge >= 0.3 is 0 Å². The molecule has 4 bridgehead atoms. The van der Waals surface area contributed by atoms with Crippen LogP contribution in [0, 0.1) is 34.8 Å². The Labute approximate surface area is 196 Å². The highest BCUT2D eigenvalue weighted by Crippen LogP contribution is 2.59. The number of halogens is 2. The Kier molecular flexibility index (Phi) is 5.38. The van der Waals surface area contributed by atoms with Gasteiger partial charge in [0.15, 0.2) is 0 Å². The minimum Gasteiger partial charge on any atom is -0.369 e. The molecule has 2 unspecified atom stereocenters. The summed E-state index contributed by atoms with van der Waals surface area (Å²) in [5, 5.41) is 3.10. The summed E-state index contributed by atoms with van der Waals surface area (Å²) in [4.78, 5) is 24.5. The van der Waals surface area contributed by atoms with Crippen molar-refractivity contribution in [3.8, 4) is 0 Å². The lowest BCUT2D eigenvalue weighted by atomic mass is 9.47. The number of nitrogens with one attached hydrogen (secondary N) is 2. The largest absolute Gasteiger partial charge is 0.369 e. The van der Waals surface area contributed by atoms with E-state index in [9.17, 15) is 26.8 Å². The standard InChI is InChI=1S/C24H25F2N3O4S/c25-17-4-5-20(19(26)9-17)34(32,33)29-18-3-1-2-14(8-18)22(30)28-21-15-6-13-7-16(21)12-24(10-13,11-15)23(27)31/h1-5,8-9,13,15-16,21,29H,6-7,10-12H2,(H2,27,31)(H,28,30). The van der Waals surface area contributed by atoms with Crippen molar-refractivity contribution in [1.82, 2.24) is 5.32 Å². The van der Waals surface area contributed by atoms with Crippen molar-refractivity contribution < 1.29 is 26.8 Å². The summed E-state index contributed by atoms with van der Waals surface area (Å²) in [6, 6.07) is 8.02. The minimum absolute atomic E-state index is 0.0646. The predicted octanol–water partition coefficient (Wildman–Crippen LogP) is 3.18. The maximum atomic E-state index is 14.0. The molecule has 4 saturated carbocycles. The topological polar surface area (TPSA) is 118 Å². The van der Waals surface area contributed by atoms with E-state index in [1.807, 2.05) is 0 Å². The number of anilines is 1. The molecule has 0 saturated heterocycles. The number of hydrogen-bond donors (Lipinski definition) is 3. The molecule has 2 aromatic carbocycles. The first-order chi connectivity index (χ1) is 16.1. The zero-order valence-corrected chi connectivity index (χ0v) is 19.1. The van der Waals surface area contributed by atoms with Gasteiger partial charge in [0.05, 0.1) is 0 Å². The number of rotatable bonds is 6. The lowest BCUT2D eigenvalue weighted by molar-refractivity contribution is -0.145. The number of carbonyl (C=O) groups is 2. The summed E-state index contributed by atoms with van der Waals surface area (Å²) < 4.78 is 54.5. The maximum Gasteiger partial charge on any atom is 0.264 e. The molecule has 0 radical (unpaired) electrons. The van der Waals surface area contributed by atoms with E-state index in [4.69, 9.17) is 5.73 Å². The van der Waals surface area contributed by atoms with Crippen molar-refractivity contribution in [2.24, 2.45) is 28.9 Å². The first-order valence-corrected chi connectivity index (χ1v) is 12.7. The van der Waals surface area contributed by atoms with Gasteiger partial charge in [-0.2, -0.15) is 0 Å². The first kappa shape index (κ1) is 22.8. The predicted molar refractivity (Wildman–Crippen MR) is 120 cm³/mol. The van der Waals surface area contributed by atoms with Crippen molar-refractivity contribution in [1.29, 1.82) is 0 Å². The number of amides is 2. The third-order valence-corrected chi connectivity index (χ3v) is 9.07. The summed E-state index contributed by atoms with van der Waals surface area (Å²) in [6.45, 7) is 0. The van der Waals surface area contributed by atoms with Gasteiger partial charge in [0.1, 0.15) is 16.5 Å². The van der Waals surface area contributed by atoms with E-state index in [-0.39, 0.29) is 40.9 Å². The van der Waals surface area contributed by atoms with Crippen LogP contribution in [0.1, 0.15) is 42.5 Å². The molecule has 4 aliphatic carbocycles. The van der Waals surface area contributed by atoms with Crippen molar-refractivity contribution in [3.05, 3.63) is 59.7 Å². The average molecular weight is 490 g/mol. The van der Waals surface area contributed by atoms with Gasteiger partial charge in [0.25, 0.3) is 15.9 Å². The van der Waals surface area contributed by atoms with Crippen LogP contribution < -0.4 is 15.8 Å². The number of carbonyl (C=O) groups excluding carboxylic acids is 2. The molecule has 0 aromatic heterocycles. The van der Waals surface area contributed by atoms with E-state index >= 15 is 0 Å². The van der Waals surface area contributed by atoms with Gasteiger partial charge in [0, 0.05) is 28.8 Å². The molecule has 0 spiro atoms. The fourth-order valence-electron chi connectivity index (χ4n) is 6.42. The summed E-state index contributed by atoms with van der Waals surface area (Å²) in [5.41, 5.74) is 5.60. The Morgan fingerprint density at radius 3 is 2.35 bits per heavy atom. The molecule has 0 heterocycles. The SMILES string of the molecule is NC(=O)C12CC3CC(C1)C(NC(=O)c1cccc(NS(=O)(=O)c4ccc(F)cc4F)c1)C(C3)C2. The van der Waals surface area contributed by atoms with Gasteiger partial charge in [-0.15, -0.1) is 0 Å². The van der Waals surface area contributed by atoms with Crippen LogP contribution in [0.3, 0.4) is 0 Å². The minimum atomic E-state index is -4.33. The van der Waals surface area contributed by atoms with Crippen molar-refractivity contribution in [2.75, 3.05) is 4.72 Å². The van der Waals surface area contributed by atoms with Crippen LogP contribution >= 0.6 is 0 Å². The van der Waals surface area contributed by atoms with Crippen LogP contribution in [-0.4, -0.2) is 26.3 Å². The van der Waals surface area contributed by atoms with E-state index < -0.39 is 32.0 Å². The van der Waals surface area contributed by atoms with Gasteiger partial charge in [-0.05, 0) is 80.2 Å². The Hall–Kier alpha value is -3.01. The molecular weight excluding hydrogens is 464 g/mol. The third kappa shape index (κ3) is 3.93. The summed E-state index contributed by atoms with van der Waals surface area (Å²) in [6.07, 6.45) is 4.12. The zero-order valence-electron chi connectivity index (χ0n) is 18.3. The summed E-state index contributed by atoms with van der Waals surface area (Å²) in [5.74, 6) is -1.85. The maximum absolute atomic E-state index is 14.0. The quantitative estimate of drug-likeness (QED) is 0.578. The number of nitrogens with two attached hydrogens (primary N) is 1. The molecule has 0 aliphatic heterocycles. The van der Waals surface area contributed by atoms with E-state index in [1.54, 1.807) is 6.07 Å². The van der Waals surface area contributed by atoms with Gasteiger partial charge in [-0.25, -0.2) is 17.2 Å². The molecule has 180 valence electrons. The molecule has 6 rings (SSSR count). The smallest absolute Gasteiger partial charge is 0.264 e. The van der Waals surface area contributed by atoms with Gasteiger partial charge in [-0.3, -0.25) is 14.3 Å². The lowest BCUT2D eigenvalue weighted by Gasteiger charge is -2.58. The molecular formula is C24H25F2N3O4S. The molecule has 2 atom stereocenters. The number of benzene rings is 2. The molecule has 34 heavy (non-hydrogen) atoms. The van der Waals surface area contributed by atoms with Gasteiger partial charge in [-0.1, -0.05) is 6.07 Å². The Balaban J connectivity index is 1.31. The van der Waals surface area contributed by atoms with Crippen LogP contribution in [0.4, 0.5) is 14.5 Å². The highest BCUT2D eigenvalue weighted by atomic mass is 32.2. The summed E-state index contributed by atoms with van der Waals surface area (Å²) >= 11 is 0. The second-order valence-electron chi connectivity index (χ2n) is 9.87. The van der Waals surface area contributed by atoms with Gasteiger partial charge < -0.3 is 11.1 Å². The Bertz CT molecular complexity index is 1270. The van der Waals surface area contributed by atoms with Crippen LogP contribution in [0.15, 0.2) is 47.4 Å². The van der Waals surface area contributed by atoms with Crippen LogP contribution in [0.5, 0.6) is 0 Å². The van der Waals surface area contributed by atoms with Crippen molar-refractivity contribution in [3.63, 3.8) is 0 Å². The van der Waals surface area contributed by atoms with Crippen molar-refractivity contribution in [2.45, 2.75) is 43.0 Å². The highest BCUT2D eigenvalue weighted by molar-refractivity contribution is 7.92. The summed E-state index contributed by atoms with van der Waals surface area (Å²) in [7, 11) is -4.33. The number of primary amides is 1. The van der Waals surface area contributed by atoms with Crippen LogP contribution in [0.25, 0.3) is 0 Å². The average Bonchev–Trinajstić information content (AvgIpc) is 2.75. The molecule has 2 aromatic rings. The van der Waals surface area contributed by atoms with Gasteiger partial charge in [0.2, 0.25) is 5.91 Å². The third-order valence-electron chi connectivity index (χ3n) is 7.65. The van der Waals surface area contributed by atoms with Crippen LogP contribution in [0.2, 0.25) is 0 Å². The van der Waals surface area contributed by atoms with Crippen molar-refractivity contribution >= 4 is 27.5 Å². The monoisotopic (exact) mass is 489 g/mol. The Morgan fingerprint density at radius 1 is 1.00 bits per heavy atom. The van der Waals surface area contributed by atoms with E-state index in [1.165, 1.54) is 18.2 Å². The first-order valence-electron chi connectivity index (χ1n) is 11.2. The van der Waals surface area contributed by atoms with Crippen LogP contribution in [-0.2, 0) is 14.8 Å². The molecule has 4 aliphatic rings. The molecule has 10 heteroatoms. The zero-order chi connectivity index (χ0) is 24.3. The van der Waals surface area contributed by atoms with E-state index in [2.05, 4.69) is 10.0 Å². The lowest BCUT2D eigenvalue weighted by Crippen LogP contribution is -2.62. The Morgan fingerprint density at radius 2 is 1.71 bits per heavy atom.